The summed E-state index contributed by atoms with van der Waals surface area (Å²) in [5.74, 6) is 2.41. The van der Waals surface area contributed by atoms with E-state index in [0.717, 1.165) is 0 Å². The van der Waals surface area contributed by atoms with Gasteiger partial charge in [-0.15, -0.1) is 6.42 Å². The van der Waals surface area contributed by atoms with E-state index in [1.54, 1.807) is 4.57 Å². The third-order valence-corrected chi connectivity index (χ3v) is 4.28. The Morgan fingerprint density at radius 3 is 3.00 bits per heavy atom. The van der Waals surface area contributed by atoms with E-state index in [-0.39, 0.29) is 23.5 Å². The van der Waals surface area contributed by atoms with Gasteiger partial charge in [0.15, 0.2) is 11.2 Å². The number of terminal acetylenes is 1. The Labute approximate surface area is 125 Å². The largest absolute Gasteiger partial charge is 0.394 e. The molecule has 1 aliphatic rings. The number of aromatic amines is 1. The smallest absolute Gasteiger partial charge is 0.280 e. The fraction of sp³-hybridized carbons (Fsp3) is 0.357. The minimum atomic E-state index is -1.21. The molecule has 8 heteroatoms. The van der Waals surface area contributed by atoms with Gasteiger partial charge in [-0.2, -0.15) is 4.98 Å². The highest BCUT2D eigenvalue weighted by molar-refractivity contribution is 5.71. The first-order valence-electron chi connectivity index (χ1n) is 6.63. The summed E-state index contributed by atoms with van der Waals surface area (Å²) in [4.78, 5) is 22.3. The van der Waals surface area contributed by atoms with Gasteiger partial charge in [-0.3, -0.25) is 9.78 Å². The van der Waals surface area contributed by atoms with Crippen molar-refractivity contribution in [2.24, 2.45) is 5.41 Å². The van der Waals surface area contributed by atoms with E-state index >= 15 is 0 Å². The summed E-state index contributed by atoms with van der Waals surface area (Å²) < 4.78 is 1.60. The first-order valence-corrected chi connectivity index (χ1v) is 6.63. The second-order valence-electron chi connectivity index (χ2n) is 5.34. The minimum Gasteiger partial charge on any atom is -0.394 e. The molecular formula is C14H15N5O3. The number of aliphatic hydroxyl groups excluding tert-OH is 2. The highest BCUT2D eigenvalue weighted by atomic mass is 16.3. The van der Waals surface area contributed by atoms with Gasteiger partial charge in [-0.05, 0) is 12.0 Å². The first kappa shape index (κ1) is 14.3. The number of aliphatic hydroxyl groups is 2. The molecule has 0 saturated heterocycles. The van der Waals surface area contributed by atoms with Crippen LogP contribution in [0.1, 0.15) is 12.5 Å². The molecule has 1 fully saturated rings. The summed E-state index contributed by atoms with van der Waals surface area (Å²) in [5.41, 5.74) is 4.80. The van der Waals surface area contributed by atoms with Gasteiger partial charge in [-0.1, -0.05) is 12.5 Å². The van der Waals surface area contributed by atoms with Crippen molar-refractivity contribution in [3.63, 3.8) is 0 Å². The van der Waals surface area contributed by atoms with Crippen LogP contribution < -0.4 is 11.3 Å². The van der Waals surface area contributed by atoms with Crippen molar-refractivity contribution in [1.29, 1.82) is 0 Å². The Kier molecular flexibility index (Phi) is 3.05. The van der Waals surface area contributed by atoms with Crippen molar-refractivity contribution in [2.75, 3.05) is 12.3 Å². The second-order valence-corrected chi connectivity index (χ2v) is 5.34. The lowest BCUT2D eigenvalue weighted by Crippen LogP contribution is -2.33. The molecular weight excluding hydrogens is 286 g/mol. The lowest BCUT2D eigenvalue weighted by Gasteiger charge is -2.26. The van der Waals surface area contributed by atoms with Crippen molar-refractivity contribution in [2.45, 2.75) is 18.6 Å². The Morgan fingerprint density at radius 2 is 2.41 bits per heavy atom. The molecule has 0 bridgehead atoms. The molecule has 0 spiro atoms. The quantitative estimate of drug-likeness (QED) is 0.423. The molecule has 3 rings (SSSR count). The first-order chi connectivity index (χ1) is 10.4. The lowest BCUT2D eigenvalue weighted by atomic mass is 9.82. The zero-order valence-electron chi connectivity index (χ0n) is 11.7. The molecule has 1 saturated carbocycles. The number of fused-ring (bicyclic) bond motifs is 1. The maximum Gasteiger partial charge on any atom is 0.280 e. The van der Waals surface area contributed by atoms with Crippen LogP contribution in [0, 0.1) is 17.8 Å². The molecule has 5 N–H and O–H groups in total. The fourth-order valence-corrected chi connectivity index (χ4v) is 2.96. The van der Waals surface area contributed by atoms with Gasteiger partial charge in [0, 0.05) is 0 Å². The van der Waals surface area contributed by atoms with Crippen LogP contribution in [-0.4, -0.2) is 42.4 Å². The second kappa shape index (κ2) is 4.69. The fourth-order valence-electron chi connectivity index (χ4n) is 2.96. The number of rotatable bonds is 2. The Hall–Kier alpha value is -2.63. The van der Waals surface area contributed by atoms with Gasteiger partial charge in [0.25, 0.3) is 5.56 Å². The van der Waals surface area contributed by atoms with Crippen LogP contribution in [0.15, 0.2) is 23.3 Å². The van der Waals surface area contributed by atoms with Crippen LogP contribution in [0.3, 0.4) is 0 Å². The molecule has 8 nitrogen and oxygen atoms in total. The van der Waals surface area contributed by atoms with Crippen LogP contribution >= 0.6 is 0 Å². The molecule has 0 radical (unpaired) electrons. The van der Waals surface area contributed by atoms with Gasteiger partial charge in [0.05, 0.1) is 25.1 Å². The number of hydrogen-bond acceptors (Lipinski definition) is 6. The molecule has 3 atom stereocenters. The number of H-pyrrole nitrogens is 1. The number of nitrogens with one attached hydrogen (secondary N) is 1. The summed E-state index contributed by atoms with van der Waals surface area (Å²) in [6.07, 6.45) is 6.21. The highest BCUT2D eigenvalue weighted by Gasteiger charge is 2.49. The van der Waals surface area contributed by atoms with Crippen LogP contribution in [0.5, 0.6) is 0 Å². The number of imidazole rings is 1. The maximum atomic E-state index is 11.8. The number of aromatic nitrogens is 4. The number of hydrogen-bond donors (Lipinski definition) is 4. The molecule has 114 valence electrons. The lowest BCUT2D eigenvalue weighted by molar-refractivity contribution is 0.0636. The van der Waals surface area contributed by atoms with Crippen molar-refractivity contribution < 1.29 is 10.2 Å². The van der Waals surface area contributed by atoms with E-state index in [0.29, 0.717) is 5.57 Å². The number of nitrogen functional groups attached to an aromatic ring is 1. The molecule has 2 heterocycles. The summed E-state index contributed by atoms with van der Waals surface area (Å²) in [7, 11) is 0. The average Bonchev–Trinajstić information content (AvgIpc) is 2.99. The monoisotopic (exact) mass is 301 g/mol. The van der Waals surface area contributed by atoms with E-state index in [1.807, 2.05) is 0 Å². The molecule has 0 aliphatic heterocycles. The zero-order chi connectivity index (χ0) is 16.1. The van der Waals surface area contributed by atoms with Gasteiger partial charge in [0.1, 0.15) is 5.41 Å². The Bertz CT molecular complexity index is 861. The predicted octanol–water partition coefficient (Wildman–Crippen LogP) is -0.824. The van der Waals surface area contributed by atoms with E-state index in [1.165, 1.54) is 6.33 Å². The predicted molar refractivity (Wildman–Crippen MR) is 79.7 cm³/mol. The zero-order valence-corrected chi connectivity index (χ0v) is 11.7. The molecule has 0 unspecified atom stereocenters. The standard InChI is InChI=1S/C14H15N5O3/c1-3-14(5-20)7(2)8(4-9(14)21)19-6-16-10-11(19)17-13(15)18-12(10)22/h1,6,8-9,20-21H,2,4-5H2,(H3,15,17,18,22)/t8-,9-,14-/m0/s1. The van der Waals surface area contributed by atoms with Gasteiger partial charge >= 0.3 is 0 Å². The third-order valence-electron chi connectivity index (χ3n) is 4.28. The van der Waals surface area contributed by atoms with Crippen LogP contribution in [0.25, 0.3) is 11.2 Å². The Morgan fingerprint density at radius 1 is 1.68 bits per heavy atom. The van der Waals surface area contributed by atoms with Crippen molar-refractivity contribution >= 4 is 17.1 Å². The normalized spacial score (nSPS) is 28.1. The maximum absolute atomic E-state index is 11.8. The van der Waals surface area contributed by atoms with Gasteiger partial charge in [-0.25, -0.2) is 4.98 Å². The molecule has 2 aromatic rings. The SMILES string of the molecule is C#C[C@]1(CO)C(=C)[C@@H](n2cnc3c(=O)[nH]c(N)nc32)C[C@@H]1O. The van der Waals surface area contributed by atoms with Crippen molar-refractivity contribution in [1.82, 2.24) is 19.5 Å². The molecule has 0 amide bonds. The number of anilines is 1. The molecule has 2 aromatic heterocycles. The van der Waals surface area contributed by atoms with Crippen LogP contribution in [-0.2, 0) is 0 Å². The number of nitrogens with zero attached hydrogens (tertiary/aromatic N) is 3. The Balaban J connectivity index is 2.16. The topological polar surface area (TPSA) is 130 Å². The van der Waals surface area contributed by atoms with Crippen molar-refractivity contribution in [3.05, 3.63) is 28.8 Å². The van der Waals surface area contributed by atoms with Crippen LogP contribution in [0.2, 0.25) is 0 Å². The van der Waals surface area contributed by atoms with Crippen molar-refractivity contribution in [3.8, 4) is 12.3 Å². The average molecular weight is 301 g/mol. The summed E-state index contributed by atoms with van der Waals surface area (Å²) in [6.45, 7) is 3.52. The third kappa shape index (κ3) is 1.70. The number of nitrogens with two attached hydrogens (primary N) is 1. The van der Waals surface area contributed by atoms with E-state index in [4.69, 9.17) is 12.2 Å². The van der Waals surface area contributed by atoms with Crippen LogP contribution in [0.4, 0.5) is 5.95 Å². The summed E-state index contributed by atoms with van der Waals surface area (Å²) in [6, 6.07) is -0.433. The molecule has 1 aliphatic carbocycles. The van der Waals surface area contributed by atoms with E-state index in [2.05, 4.69) is 27.5 Å². The molecule has 22 heavy (non-hydrogen) atoms. The highest BCUT2D eigenvalue weighted by Crippen LogP contribution is 2.48. The van der Waals surface area contributed by atoms with Gasteiger partial charge < -0.3 is 20.5 Å². The minimum absolute atomic E-state index is 0.0335. The van der Waals surface area contributed by atoms with E-state index < -0.39 is 29.7 Å². The van der Waals surface area contributed by atoms with E-state index in [9.17, 15) is 15.0 Å². The summed E-state index contributed by atoms with van der Waals surface area (Å²) >= 11 is 0. The summed E-state index contributed by atoms with van der Waals surface area (Å²) in [5, 5.41) is 19.8. The van der Waals surface area contributed by atoms with Gasteiger partial charge in [0.2, 0.25) is 5.95 Å². The molecule has 0 aromatic carbocycles.